The van der Waals surface area contributed by atoms with E-state index in [-0.39, 0.29) is 25.5 Å². The number of likely N-dealkylation sites (tertiary alicyclic amines) is 1. The van der Waals surface area contributed by atoms with Gasteiger partial charge in [-0.15, -0.1) is 0 Å². The summed E-state index contributed by atoms with van der Waals surface area (Å²) in [5, 5.41) is 0. The van der Waals surface area contributed by atoms with Gasteiger partial charge in [-0.2, -0.15) is 0 Å². The summed E-state index contributed by atoms with van der Waals surface area (Å²) in [5.74, 6) is -2.12. The summed E-state index contributed by atoms with van der Waals surface area (Å²) in [6.45, 7) is 5.31. The number of amides is 2. The number of nitrogens with zero attached hydrogens (tertiary/aromatic N) is 3. The zero-order valence-corrected chi connectivity index (χ0v) is 20.0. The third-order valence-electron chi connectivity index (χ3n) is 6.09. The Morgan fingerprint density at radius 2 is 1.71 bits per heavy atom. The average molecular weight is 490 g/mol. The zero-order chi connectivity index (χ0) is 25.4. The van der Waals surface area contributed by atoms with Crippen molar-refractivity contribution < 1.29 is 38.1 Å². The molecule has 2 heterocycles. The van der Waals surface area contributed by atoms with Crippen molar-refractivity contribution >= 4 is 29.8 Å². The van der Waals surface area contributed by atoms with Crippen molar-refractivity contribution in [1.29, 1.82) is 0 Å². The number of benzene rings is 1. The number of carbonyl (C=O) groups is 4. The second kappa shape index (κ2) is 12.1. The summed E-state index contributed by atoms with van der Waals surface area (Å²) < 4.78 is 19.9. The van der Waals surface area contributed by atoms with Crippen LogP contribution >= 0.6 is 0 Å². The number of anilines is 1. The number of hydrogen-bond donors (Lipinski definition) is 0. The van der Waals surface area contributed by atoms with E-state index in [0.29, 0.717) is 26.2 Å². The lowest BCUT2D eigenvalue weighted by Gasteiger charge is -2.44. The first-order valence-corrected chi connectivity index (χ1v) is 11.3. The van der Waals surface area contributed by atoms with Crippen LogP contribution in [0.5, 0.6) is 0 Å². The van der Waals surface area contributed by atoms with Crippen molar-refractivity contribution in [2.75, 3.05) is 58.5 Å². The van der Waals surface area contributed by atoms with Crippen LogP contribution in [0.3, 0.4) is 0 Å². The maximum Gasteiger partial charge on any atom is 0.508 e. The largest absolute Gasteiger partial charge is 0.508 e. The molecule has 2 fully saturated rings. The summed E-state index contributed by atoms with van der Waals surface area (Å²) in [4.78, 5) is 55.9. The lowest BCUT2D eigenvalue weighted by atomic mass is 9.86. The molecule has 0 N–H and O–H groups in total. The normalized spacial score (nSPS) is 22.1. The smallest absolute Gasteiger partial charge is 0.469 e. The Bertz CT molecular complexity index is 891. The lowest BCUT2D eigenvalue weighted by Crippen LogP contribution is -2.63. The summed E-state index contributed by atoms with van der Waals surface area (Å²) in [6, 6.07) is 8.71. The van der Waals surface area contributed by atoms with E-state index in [9.17, 15) is 19.2 Å². The molecule has 190 valence electrons. The van der Waals surface area contributed by atoms with Gasteiger partial charge in [0.05, 0.1) is 26.7 Å². The molecule has 3 atom stereocenters. The van der Waals surface area contributed by atoms with Crippen molar-refractivity contribution in [2.24, 2.45) is 5.92 Å². The maximum absolute atomic E-state index is 13.6. The predicted octanol–water partition coefficient (Wildman–Crippen LogP) is 1.67. The van der Waals surface area contributed by atoms with Crippen LogP contribution in [0.25, 0.3) is 0 Å². The number of esters is 1. The van der Waals surface area contributed by atoms with E-state index in [2.05, 4.69) is 11.5 Å². The molecule has 0 unspecified atom stereocenters. The van der Waals surface area contributed by atoms with Gasteiger partial charge in [0, 0.05) is 38.3 Å². The van der Waals surface area contributed by atoms with Gasteiger partial charge in [-0.3, -0.25) is 14.5 Å². The van der Waals surface area contributed by atoms with E-state index in [1.165, 1.54) is 20.3 Å². The SMILES string of the molecule is C=CCOC(=O)O[C@H]1C[C@H](C(=O)OC)[C@@H](C(=O)N2CCN(c3ccccc3)CC2)N(C(=O)OC)C1. The van der Waals surface area contributed by atoms with E-state index < -0.39 is 36.3 Å². The molecule has 0 aliphatic carbocycles. The molecule has 0 bridgehead atoms. The number of ether oxygens (including phenoxy) is 4. The van der Waals surface area contributed by atoms with Crippen LogP contribution in [-0.2, 0) is 28.5 Å². The van der Waals surface area contributed by atoms with Crippen molar-refractivity contribution in [3.63, 3.8) is 0 Å². The molecule has 3 rings (SSSR count). The van der Waals surface area contributed by atoms with E-state index >= 15 is 0 Å². The first kappa shape index (κ1) is 25.9. The molecule has 0 aromatic heterocycles. The minimum Gasteiger partial charge on any atom is -0.469 e. The summed E-state index contributed by atoms with van der Waals surface area (Å²) in [5.41, 5.74) is 1.06. The molecule has 0 spiro atoms. The molecule has 2 amide bonds. The van der Waals surface area contributed by atoms with Gasteiger partial charge < -0.3 is 28.7 Å². The van der Waals surface area contributed by atoms with Crippen LogP contribution in [0.2, 0.25) is 0 Å². The first-order valence-electron chi connectivity index (χ1n) is 11.3. The Labute approximate surface area is 204 Å². The number of piperazine rings is 1. The van der Waals surface area contributed by atoms with Crippen LogP contribution in [0.15, 0.2) is 43.0 Å². The zero-order valence-electron chi connectivity index (χ0n) is 20.0. The molecule has 11 heteroatoms. The Balaban J connectivity index is 1.77. The van der Waals surface area contributed by atoms with E-state index in [4.69, 9.17) is 18.9 Å². The van der Waals surface area contributed by atoms with Gasteiger partial charge in [0.2, 0.25) is 5.91 Å². The van der Waals surface area contributed by atoms with Crippen LogP contribution in [0.4, 0.5) is 15.3 Å². The van der Waals surface area contributed by atoms with Gasteiger partial charge in [0.25, 0.3) is 0 Å². The highest BCUT2D eigenvalue weighted by Crippen LogP contribution is 2.30. The molecule has 2 saturated heterocycles. The van der Waals surface area contributed by atoms with E-state index in [0.717, 1.165) is 10.6 Å². The average Bonchev–Trinajstić information content (AvgIpc) is 2.90. The molecular weight excluding hydrogens is 458 g/mol. The molecule has 35 heavy (non-hydrogen) atoms. The minimum absolute atomic E-state index is 0.0102. The quantitative estimate of drug-likeness (QED) is 0.334. The number of carbonyl (C=O) groups excluding carboxylic acids is 4. The topological polar surface area (TPSA) is 115 Å². The van der Waals surface area contributed by atoms with Gasteiger partial charge >= 0.3 is 18.2 Å². The highest BCUT2D eigenvalue weighted by atomic mass is 16.7. The molecular formula is C24H31N3O8. The standard InChI is InChI=1S/C24H31N3O8/c1-4-14-34-24(31)35-18-15-19(22(29)32-2)20(27(16-18)23(30)33-3)21(28)26-12-10-25(11-13-26)17-8-6-5-7-9-17/h4-9,18-20H,1,10-16H2,2-3H3/t18-,19-,20-/m0/s1. The summed E-state index contributed by atoms with van der Waals surface area (Å²) in [7, 11) is 2.38. The molecule has 0 saturated carbocycles. The minimum atomic E-state index is -1.15. The van der Waals surface area contributed by atoms with Crippen LogP contribution < -0.4 is 4.90 Å². The van der Waals surface area contributed by atoms with Gasteiger partial charge in [0.15, 0.2) is 0 Å². The Morgan fingerprint density at radius 3 is 2.31 bits per heavy atom. The van der Waals surface area contributed by atoms with Crippen molar-refractivity contribution in [3.8, 4) is 0 Å². The monoisotopic (exact) mass is 489 g/mol. The van der Waals surface area contributed by atoms with Crippen molar-refractivity contribution in [2.45, 2.75) is 18.6 Å². The number of methoxy groups -OCH3 is 2. The maximum atomic E-state index is 13.6. The fraction of sp³-hybridized carbons (Fsp3) is 0.500. The third kappa shape index (κ3) is 6.23. The summed E-state index contributed by atoms with van der Waals surface area (Å²) in [6.07, 6.45) is -1.30. The number of piperidine rings is 1. The van der Waals surface area contributed by atoms with Crippen LogP contribution in [0, 0.1) is 5.92 Å². The molecule has 1 aromatic carbocycles. The van der Waals surface area contributed by atoms with E-state index in [1.807, 2.05) is 30.3 Å². The predicted molar refractivity (Wildman–Crippen MR) is 125 cm³/mol. The fourth-order valence-electron chi connectivity index (χ4n) is 4.42. The lowest BCUT2D eigenvalue weighted by molar-refractivity contribution is -0.159. The number of para-hydroxylation sites is 1. The molecule has 1 aromatic rings. The molecule has 0 radical (unpaired) electrons. The summed E-state index contributed by atoms with van der Waals surface area (Å²) >= 11 is 0. The molecule has 11 nitrogen and oxygen atoms in total. The second-order valence-corrected chi connectivity index (χ2v) is 8.17. The van der Waals surface area contributed by atoms with Gasteiger partial charge in [-0.1, -0.05) is 30.9 Å². The Morgan fingerprint density at radius 1 is 1.03 bits per heavy atom. The number of rotatable bonds is 6. The highest BCUT2D eigenvalue weighted by molar-refractivity contribution is 5.91. The third-order valence-corrected chi connectivity index (χ3v) is 6.09. The van der Waals surface area contributed by atoms with Crippen LogP contribution in [0.1, 0.15) is 6.42 Å². The molecule has 2 aliphatic rings. The Hall–Kier alpha value is -3.76. The molecule has 2 aliphatic heterocycles. The number of hydrogen-bond acceptors (Lipinski definition) is 9. The highest BCUT2D eigenvalue weighted by Gasteiger charge is 2.49. The van der Waals surface area contributed by atoms with Gasteiger partial charge in [0.1, 0.15) is 18.8 Å². The van der Waals surface area contributed by atoms with Gasteiger partial charge in [-0.05, 0) is 12.1 Å². The fourth-order valence-corrected chi connectivity index (χ4v) is 4.42. The van der Waals surface area contributed by atoms with Crippen LogP contribution in [-0.4, -0.2) is 99.6 Å². The van der Waals surface area contributed by atoms with Crippen molar-refractivity contribution in [1.82, 2.24) is 9.80 Å². The first-order chi connectivity index (χ1) is 16.9. The Kier molecular flexibility index (Phi) is 8.93. The van der Waals surface area contributed by atoms with E-state index in [1.54, 1.807) is 4.90 Å². The van der Waals surface area contributed by atoms with Gasteiger partial charge in [-0.25, -0.2) is 9.59 Å². The second-order valence-electron chi connectivity index (χ2n) is 8.17. The van der Waals surface area contributed by atoms with Crippen molar-refractivity contribution in [3.05, 3.63) is 43.0 Å².